The van der Waals surface area contributed by atoms with Crippen molar-refractivity contribution in [1.29, 1.82) is 0 Å². The maximum atomic E-state index is 11.6. The summed E-state index contributed by atoms with van der Waals surface area (Å²) in [4.78, 5) is 22.6. The molecule has 0 aromatic heterocycles. The standard InChI is InChI=1S/C21H34N2O4/c1-14(24)13-21(25)27-20-11-7-18(8-12-20)16(3)23-22-15(2)17-5-9-19(26-4)10-6-17/h17-20H,5-13H2,1-4H3. The van der Waals surface area contributed by atoms with E-state index in [1.165, 1.54) is 6.92 Å². The average molecular weight is 379 g/mol. The largest absolute Gasteiger partial charge is 0.462 e. The molecular formula is C21H34N2O4. The van der Waals surface area contributed by atoms with E-state index >= 15 is 0 Å². The molecule has 27 heavy (non-hydrogen) atoms. The van der Waals surface area contributed by atoms with E-state index in [-0.39, 0.29) is 18.3 Å². The van der Waals surface area contributed by atoms with E-state index in [4.69, 9.17) is 9.47 Å². The highest BCUT2D eigenvalue weighted by Gasteiger charge is 2.26. The van der Waals surface area contributed by atoms with Crippen LogP contribution in [-0.2, 0) is 19.1 Å². The molecule has 2 aliphatic carbocycles. The third-order valence-electron chi connectivity index (χ3n) is 5.92. The molecule has 0 unspecified atom stereocenters. The molecule has 0 aliphatic heterocycles. The Hall–Kier alpha value is -1.56. The summed E-state index contributed by atoms with van der Waals surface area (Å²) in [6.07, 6.45) is 8.20. The maximum absolute atomic E-state index is 11.6. The van der Waals surface area contributed by atoms with Gasteiger partial charge >= 0.3 is 5.97 Å². The molecular weight excluding hydrogens is 344 g/mol. The molecule has 6 nitrogen and oxygen atoms in total. The Morgan fingerprint density at radius 2 is 1.22 bits per heavy atom. The van der Waals surface area contributed by atoms with E-state index in [1.54, 1.807) is 7.11 Å². The van der Waals surface area contributed by atoms with Gasteiger partial charge in [-0.1, -0.05) is 0 Å². The van der Waals surface area contributed by atoms with Crippen LogP contribution in [0.5, 0.6) is 0 Å². The van der Waals surface area contributed by atoms with Crippen LogP contribution >= 0.6 is 0 Å². The summed E-state index contributed by atoms with van der Waals surface area (Å²) < 4.78 is 10.8. The summed E-state index contributed by atoms with van der Waals surface area (Å²) in [6.45, 7) is 5.54. The Labute approximate surface area is 162 Å². The number of hydrogen-bond acceptors (Lipinski definition) is 6. The normalized spacial score (nSPS) is 30.1. The lowest BCUT2D eigenvalue weighted by Crippen LogP contribution is -2.27. The van der Waals surface area contributed by atoms with Gasteiger partial charge in [-0.3, -0.25) is 9.59 Å². The first-order valence-corrected chi connectivity index (χ1v) is 10.2. The topological polar surface area (TPSA) is 77.3 Å². The van der Waals surface area contributed by atoms with Crippen molar-refractivity contribution in [1.82, 2.24) is 0 Å². The Balaban J connectivity index is 1.78. The molecule has 0 aromatic rings. The number of carbonyl (C=O) groups excluding carboxylic acids is 2. The number of hydrogen-bond donors (Lipinski definition) is 0. The summed E-state index contributed by atoms with van der Waals surface area (Å²) in [6, 6.07) is 0. The SMILES string of the molecule is COC1CCC(C(C)=NN=C(C)C2CCC(OC(=O)CC(C)=O)CC2)CC1. The molecule has 152 valence electrons. The van der Waals surface area contributed by atoms with Gasteiger partial charge in [0.15, 0.2) is 0 Å². The highest BCUT2D eigenvalue weighted by Crippen LogP contribution is 2.29. The lowest BCUT2D eigenvalue weighted by atomic mass is 9.84. The van der Waals surface area contributed by atoms with Crippen molar-refractivity contribution in [3.8, 4) is 0 Å². The van der Waals surface area contributed by atoms with Crippen molar-refractivity contribution >= 4 is 23.2 Å². The molecule has 2 saturated carbocycles. The molecule has 0 atom stereocenters. The summed E-state index contributed by atoms with van der Waals surface area (Å²) in [5.41, 5.74) is 2.18. The first-order valence-electron chi connectivity index (χ1n) is 10.2. The van der Waals surface area contributed by atoms with Crippen LogP contribution in [0, 0.1) is 11.8 Å². The van der Waals surface area contributed by atoms with Gasteiger partial charge < -0.3 is 9.47 Å². The molecule has 0 bridgehead atoms. The highest BCUT2D eigenvalue weighted by atomic mass is 16.5. The zero-order valence-corrected chi connectivity index (χ0v) is 17.2. The predicted molar refractivity (Wildman–Crippen MR) is 106 cm³/mol. The highest BCUT2D eigenvalue weighted by molar-refractivity contribution is 5.94. The molecule has 0 saturated heterocycles. The minimum Gasteiger partial charge on any atom is -0.462 e. The summed E-state index contributed by atoms with van der Waals surface area (Å²) in [7, 11) is 1.79. The zero-order valence-electron chi connectivity index (χ0n) is 17.2. The van der Waals surface area contributed by atoms with Crippen LogP contribution in [0.3, 0.4) is 0 Å². The maximum Gasteiger partial charge on any atom is 0.313 e. The first kappa shape index (κ1) is 21.7. The van der Waals surface area contributed by atoms with Crippen molar-refractivity contribution in [3.63, 3.8) is 0 Å². The summed E-state index contributed by atoms with van der Waals surface area (Å²) in [5, 5.41) is 9.02. The third kappa shape index (κ3) is 7.17. The van der Waals surface area contributed by atoms with Gasteiger partial charge in [0.1, 0.15) is 18.3 Å². The van der Waals surface area contributed by atoms with Crippen LogP contribution in [0.15, 0.2) is 10.2 Å². The number of methoxy groups -OCH3 is 1. The van der Waals surface area contributed by atoms with Gasteiger partial charge in [-0.05, 0) is 84.0 Å². The minimum absolute atomic E-state index is 0.0675. The fourth-order valence-corrected chi connectivity index (χ4v) is 4.07. The number of carbonyl (C=O) groups is 2. The lowest BCUT2D eigenvalue weighted by molar-refractivity contribution is -0.152. The van der Waals surface area contributed by atoms with Crippen LogP contribution in [0.2, 0.25) is 0 Å². The number of esters is 1. The van der Waals surface area contributed by atoms with Crippen molar-refractivity contribution in [2.45, 2.75) is 90.8 Å². The Morgan fingerprint density at radius 3 is 1.63 bits per heavy atom. The molecule has 0 aromatic carbocycles. The Bertz CT molecular complexity index is 569. The molecule has 0 spiro atoms. The number of rotatable bonds is 7. The van der Waals surface area contributed by atoms with Crippen LogP contribution < -0.4 is 0 Å². The van der Waals surface area contributed by atoms with Crippen LogP contribution in [0.25, 0.3) is 0 Å². The molecule has 0 N–H and O–H groups in total. The van der Waals surface area contributed by atoms with Gasteiger partial charge in [0, 0.05) is 18.5 Å². The minimum atomic E-state index is -0.403. The second-order valence-electron chi connectivity index (χ2n) is 8.03. The van der Waals surface area contributed by atoms with Gasteiger partial charge in [-0.15, -0.1) is 0 Å². The van der Waals surface area contributed by atoms with Crippen molar-refractivity contribution in [2.75, 3.05) is 7.11 Å². The van der Waals surface area contributed by atoms with E-state index in [2.05, 4.69) is 17.1 Å². The number of ketones is 1. The molecule has 2 aliphatic rings. The Morgan fingerprint density at radius 1 is 0.778 bits per heavy atom. The van der Waals surface area contributed by atoms with Gasteiger partial charge in [0.05, 0.1) is 6.10 Å². The quantitative estimate of drug-likeness (QED) is 0.289. The fourth-order valence-electron chi connectivity index (χ4n) is 4.07. The van der Waals surface area contributed by atoms with Gasteiger partial charge in [-0.2, -0.15) is 10.2 Å². The molecule has 6 heteroatoms. The molecule has 0 heterocycles. The number of ether oxygens (including phenoxy) is 2. The van der Waals surface area contributed by atoms with Crippen molar-refractivity contribution < 1.29 is 19.1 Å². The lowest BCUT2D eigenvalue weighted by Gasteiger charge is -2.28. The predicted octanol–water partition coefficient (Wildman–Crippen LogP) is 4.11. The van der Waals surface area contributed by atoms with Crippen LogP contribution in [0.4, 0.5) is 0 Å². The third-order valence-corrected chi connectivity index (χ3v) is 5.92. The molecule has 0 radical (unpaired) electrons. The van der Waals surface area contributed by atoms with Gasteiger partial charge in [0.2, 0.25) is 0 Å². The Kier molecular flexibility index (Phi) is 8.61. The molecule has 2 rings (SSSR count). The van der Waals surface area contributed by atoms with E-state index in [9.17, 15) is 9.59 Å². The number of nitrogens with zero attached hydrogens (tertiary/aromatic N) is 2. The zero-order chi connectivity index (χ0) is 19.8. The van der Waals surface area contributed by atoms with Crippen molar-refractivity contribution in [3.05, 3.63) is 0 Å². The van der Waals surface area contributed by atoms with E-state index in [0.717, 1.165) is 62.8 Å². The van der Waals surface area contributed by atoms with Gasteiger partial charge in [0.25, 0.3) is 0 Å². The van der Waals surface area contributed by atoms with Crippen LogP contribution in [-0.4, -0.2) is 42.5 Å². The number of Topliss-reactive ketones (excluding diaryl/α,β-unsaturated/α-hetero) is 1. The van der Waals surface area contributed by atoms with Gasteiger partial charge in [-0.25, -0.2) is 0 Å². The summed E-state index contributed by atoms with van der Waals surface area (Å²) >= 11 is 0. The second kappa shape index (κ2) is 10.7. The van der Waals surface area contributed by atoms with Crippen LogP contribution in [0.1, 0.15) is 78.6 Å². The van der Waals surface area contributed by atoms with E-state index < -0.39 is 5.97 Å². The van der Waals surface area contributed by atoms with E-state index in [0.29, 0.717) is 17.9 Å². The molecule has 0 amide bonds. The summed E-state index contributed by atoms with van der Waals surface area (Å²) in [5.74, 6) is 0.360. The first-order chi connectivity index (χ1) is 12.9. The fraction of sp³-hybridized carbons (Fsp3) is 0.810. The second-order valence-corrected chi connectivity index (χ2v) is 8.03. The van der Waals surface area contributed by atoms with E-state index in [1.807, 2.05) is 6.92 Å². The monoisotopic (exact) mass is 378 g/mol. The van der Waals surface area contributed by atoms with Crippen molar-refractivity contribution in [2.24, 2.45) is 22.0 Å². The average Bonchev–Trinajstić information content (AvgIpc) is 2.65. The smallest absolute Gasteiger partial charge is 0.313 e. The molecule has 2 fully saturated rings.